The van der Waals surface area contributed by atoms with Crippen LogP contribution in [0.15, 0.2) is 18.2 Å². The van der Waals surface area contributed by atoms with Gasteiger partial charge in [0.05, 0.1) is 11.8 Å². The Morgan fingerprint density at radius 2 is 1.95 bits per heavy atom. The summed E-state index contributed by atoms with van der Waals surface area (Å²) >= 11 is 5.89. The van der Waals surface area contributed by atoms with Gasteiger partial charge >= 0.3 is 5.97 Å². The quantitative estimate of drug-likeness (QED) is 0.873. The molecule has 0 saturated heterocycles. The predicted molar refractivity (Wildman–Crippen MR) is 81.3 cm³/mol. The lowest BCUT2D eigenvalue weighted by atomic mass is 9.74. The van der Waals surface area contributed by atoms with Crippen molar-refractivity contribution in [1.82, 2.24) is 5.32 Å². The van der Waals surface area contributed by atoms with Crippen molar-refractivity contribution in [1.29, 1.82) is 0 Å². The number of carbonyl (C=O) groups excluding carboxylic acids is 1. The van der Waals surface area contributed by atoms with Crippen LogP contribution in [0, 0.1) is 11.2 Å². The Hall–Kier alpha value is -1.62. The van der Waals surface area contributed by atoms with Gasteiger partial charge < -0.3 is 10.4 Å². The summed E-state index contributed by atoms with van der Waals surface area (Å²) < 4.78 is 13.7. The fraction of sp³-hybridized carbons (Fsp3) is 0.500. The fourth-order valence-corrected chi connectivity index (χ4v) is 3.12. The average molecular weight is 328 g/mol. The molecule has 6 heteroatoms. The molecule has 0 heterocycles. The summed E-state index contributed by atoms with van der Waals surface area (Å²) in [5.74, 6) is -1.83. The zero-order valence-electron chi connectivity index (χ0n) is 12.2. The third-order valence-electron chi connectivity index (χ3n) is 4.29. The lowest BCUT2D eigenvalue weighted by molar-refractivity contribution is -0.151. The maximum Gasteiger partial charge on any atom is 0.311 e. The number of hydrogen-bond acceptors (Lipinski definition) is 2. The predicted octanol–water partition coefficient (Wildman–Crippen LogP) is 3.17. The SMILES string of the molecule is O=C(Cc1c(F)cccc1Cl)NCC1(C(=O)O)CCCCC1. The summed E-state index contributed by atoms with van der Waals surface area (Å²) in [6.45, 7) is 0.0766. The van der Waals surface area contributed by atoms with E-state index in [2.05, 4.69) is 5.32 Å². The van der Waals surface area contributed by atoms with Crippen LogP contribution in [0.1, 0.15) is 37.7 Å². The first-order valence-corrected chi connectivity index (χ1v) is 7.75. The molecule has 1 aliphatic carbocycles. The molecule has 0 radical (unpaired) electrons. The molecule has 1 aromatic rings. The molecule has 22 heavy (non-hydrogen) atoms. The summed E-state index contributed by atoms with van der Waals surface area (Å²) in [4.78, 5) is 23.5. The van der Waals surface area contributed by atoms with Crippen LogP contribution in [-0.2, 0) is 16.0 Å². The van der Waals surface area contributed by atoms with E-state index in [1.165, 1.54) is 18.2 Å². The second-order valence-corrected chi connectivity index (χ2v) is 6.21. The Bertz CT molecular complexity index is 550. The van der Waals surface area contributed by atoms with Crippen LogP contribution in [0.4, 0.5) is 4.39 Å². The molecule has 1 fully saturated rings. The summed E-state index contributed by atoms with van der Waals surface area (Å²) in [5.41, 5.74) is -0.762. The van der Waals surface area contributed by atoms with E-state index in [4.69, 9.17) is 11.6 Å². The van der Waals surface area contributed by atoms with E-state index in [0.29, 0.717) is 12.8 Å². The van der Waals surface area contributed by atoms with Crippen molar-refractivity contribution in [2.45, 2.75) is 38.5 Å². The number of carboxylic acid groups (broad SMARTS) is 1. The average Bonchev–Trinajstić information content (AvgIpc) is 2.50. The third-order valence-corrected chi connectivity index (χ3v) is 4.64. The van der Waals surface area contributed by atoms with Crippen LogP contribution in [0.25, 0.3) is 0 Å². The molecule has 120 valence electrons. The molecule has 2 N–H and O–H groups in total. The number of carbonyl (C=O) groups is 2. The van der Waals surface area contributed by atoms with Crippen LogP contribution in [-0.4, -0.2) is 23.5 Å². The minimum Gasteiger partial charge on any atom is -0.481 e. The minimum absolute atomic E-state index is 0.0766. The molecular formula is C16H19ClFNO3. The molecule has 1 aliphatic rings. The van der Waals surface area contributed by atoms with Crippen molar-refractivity contribution >= 4 is 23.5 Å². The molecule has 0 unspecified atom stereocenters. The van der Waals surface area contributed by atoms with Crippen LogP contribution < -0.4 is 5.32 Å². The molecule has 0 atom stereocenters. The van der Waals surface area contributed by atoms with Crippen molar-refractivity contribution in [3.8, 4) is 0 Å². The Morgan fingerprint density at radius 1 is 1.27 bits per heavy atom. The second kappa shape index (κ2) is 7.09. The molecule has 0 aliphatic heterocycles. The highest BCUT2D eigenvalue weighted by Gasteiger charge is 2.39. The number of nitrogens with one attached hydrogen (secondary N) is 1. The fourth-order valence-electron chi connectivity index (χ4n) is 2.89. The third kappa shape index (κ3) is 3.77. The summed E-state index contributed by atoms with van der Waals surface area (Å²) in [6, 6.07) is 4.24. The molecule has 1 aromatic carbocycles. The molecule has 0 bridgehead atoms. The van der Waals surface area contributed by atoms with Gasteiger partial charge in [-0.05, 0) is 25.0 Å². The van der Waals surface area contributed by atoms with E-state index in [1.54, 1.807) is 0 Å². The highest BCUT2D eigenvalue weighted by Crippen LogP contribution is 2.36. The van der Waals surface area contributed by atoms with Gasteiger partial charge in [0.1, 0.15) is 5.82 Å². The van der Waals surface area contributed by atoms with Gasteiger partial charge in [-0.1, -0.05) is 36.9 Å². The van der Waals surface area contributed by atoms with Crippen molar-refractivity contribution in [3.05, 3.63) is 34.6 Å². The highest BCUT2D eigenvalue weighted by atomic mass is 35.5. The lowest BCUT2D eigenvalue weighted by Crippen LogP contribution is -2.44. The van der Waals surface area contributed by atoms with Gasteiger partial charge in [-0.3, -0.25) is 9.59 Å². The molecule has 0 spiro atoms. The van der Waals surface area contributed by atoms with Gasteiger partial charge in [-0.15, -0.1) is 0 Å². The van der Waals surface area contributed by atoms with E-state index in [0.717, 1.165) is 19.3 Å². The first-order chi connectivity index (χ1) is 10.4. The minimum atomic E-state index is -0.896. The summed E-state index contributed by atoms with van der Waals surface area (Å²) in [7, 11) is 0. The zero-order valence-corrected chi connectivity index (χ0v) is 13.0. The Morgan fingerprint density at radius 3 is 2.55 bits per heavy atom. The number of hydrogen-bond donors (Lipinski definition) is 2. The van der Waals surface area contributed by atoms with Crippen molar-refractivity contribution < 1.29 is 19.1 Å². The Labute approximate surface area is 133 Å². The van der Waals surface area contributed by atoms with Crippen LogP contribution in [0.3, 0.4) is 0 Å². The number of rotatable bonds is 5. The monoisotopic (exact) mass is 327 g/mol. The van der Waals surface area contributed by atoms with Gasteiger partial charge in [0.15, 0.2) is 0 Å². The molecule has 2 rings (SSSR count). The topological polar surface area (TPSA) is 66.4 Å². The van der Waals surface area contributed by atoms with Crippen molar-refractivity contribution in [2.24, 2.45) is 5.41 Å². The molecule has 0 aromatic heterocycles. The van der Waals surface area contributed by atoms with Crippen molar-refractivity contribution in [3.63, 3.8) is 0 Å². The standard InChI is InChI=1S/C16H19ClFNO3/c17-12-5-4-6-13(18)11(12)9-14(20)19-10-16(15(21)22)7-2-1-3-8-16/h4-6H,1-3,7-10H2,(H,19,20)(H,21,22). The number of aliphatic carboxylic acids is 1. The van der Waals surface area contributed by atoms with E-state index < -0.39 is 23.1 Å². The van der Waals surface area contributed by atoms with Crippen molar-refractivity contribution in [2.75, 3.05) is 6.54 Å². The van der Waals surface area contributed by atoms with Gasteiger partial charge in [0.25, 0.3) is 0 Å². The second-order valence-electron chi connectivity index (χ2n) is 5.80. The normalized spacial score (nSPS) is 17.0. The summed E-state index contributed by atoms with van der Waals surface area (Å²) in [6.07, 6.45) is 3.64. The lowest BCUT2D eigenvalue weighted by Gasteiger charge is -2.33. The number of carboxylic acids is 1. The smallest absolute Gasteiger partial charge is 0.311 e. The first kappa shape index (κ1) is 16.7. The Kier molecular flexibility index (Phi) is 5.40. The highest BCUT2D eigenvalue weighted by molar-refractivity contribution is 6.31. The van der Waals surface area contributed by atoms with Gasteiger partial charge in [-0.25, -0.2) is 4.39 Å². The molecular weight excluding hydrogens is 309 g/mol. The molecule has 1 amide bonds. The van der Waals surface area contributed by atoms with Gasteiger partial charge in [0, 0.05) is 17.1 Å². The maximum atomic E-state index is 13.7. The largest absolute Gasteiger partial charge is 0.481 e. The van der Waals surface area contributed by atoms with Gasteiger partial charge in [0.2, 0.25) is 5.91 Å². The maximum absolute atomic E-state index is 13.7. The number of benzene rings is 1. The van der Waals surface area contributed by atoms with Crippen LogP contribution in [0.2, 0.25) is 5.02 Å². The zero-order chi connectivity index (χ0) is 16.2. The first-order valence-electron chi connectivity index (χ1n) is 7.38. The van der Waals surface area contributed by atoms with Gasteiger partial charge in [-0.2, -0.15) is 0 Å². The Balaban J connectivity index is 1.98. The van der Waals surface area contributed by atoms with E-state index in [9.17, 15) is 19.1 Å². The molecule has 4 nitrogen and oxygen atoms in total. The van der Waals surface area contributed by atoms with E-state index in [1.807, 2.05) is 0 Å². The summed E-state index contributed by atoms with van der Waals surface area (Å²) in [5, 5.41) is 12.3. The number of amides is 1. The van der Waals surface area contributed by atoms with Crippen LogP contribution >= 0.6 is 11.6 Å². The molecule has 1 saturated carbocycles. The van der Waals surface area contributed by atoms with E-state index >= 15 is 0 Å². The van der Waals surface area contributed by atoms with Crippen LogP contribution in [0.5, 0.6) is 0 Å². The number of halogens is 2. The van der Waals surface area contributed by atoms with E-state index in [-0.39, 0.29) is 23.6 Å².